The third-order valence-electron chi connectivity index (χ3n) is 3.52. The number of nitriles is 1. The average molecular weight is 268 g/mol. The molecule has 1 aromatic heterocycles. The molecule has 104 valence electrons. The maximum absolute atomic E-state index is 9.14. The minimum Gasteiger partial charge on any atom is -0.375 e. The van der Waals surface area contributed by atoms with Crippen LogP contribution in [0.4, 0.5) is 5.69 Å². The number of imidazole rings is 1. The predicted molar refractivity (Wildman–Crippen MR) is 80.3 cm³/mol. The van der Waals surface area contributed by atoms with Crippen molar-refractivity contribution in [2.45, 2.75) is 32.2 Å². The number of nitrogens with one attached hydrogen (secondary N) is 1. The molecule has 1 heterocycles. The molecule has 0 aliphatic heterocycles. The van der Waals surface area contributed by atoms with Crippen molar-refractivity contribution in [3.05, 3.63) is 48.0 Å². The van der Waals surface area contributed by atoms with Crippen LogP contribution in [0.2, 0.25) is 0 Å². The summed E-state index contributed by atoms with van der Waals surface area (Å²) in [5.74, 6) is 0.992. The van der Waals surface area contributed by atoms with Crippen molar-refractivity contribution in [3.63, 3.8) is 0 Å². The van der Waals surface area contributed by atoms with E-state index in [1.54, 1.807) is 6.20 Å². The SMILES string of the molecule is CC(Nc1ccc(C(C)(C)C#N)cc1)c1nccn1C. The van der Waals surface area contributed by atoms with Crippen LogP contribution in [0, 0.1) is 11.3 Å². The summed E-state index contributed by atoms with van der Waals surface area (Å²) in [5, 5.41) is 12.6. The Morgan fingerprint density at radius 2 is 1.95 bits per heavy atom. The molecule has 0 spiro atoms. The first-order chi connectivity index (χ1) is 9.44. The number of aryl methyl sites for hydroxylation is 1. The van der Waals surface area contributed by atoms with Gasteiger partial charge in [-0.2, -0.15) is 5.26 Å². The van der Waals surface area contributed by atoms with Crippen LogP contribution in [-0.2, 0) is 12.5 Å². The quantitative estimate of drug-likeness (QED) is 0.924. The second kappa shape index (κ2) is 5.38. The Morgan fingerprint density at radius 3 is 2.45 bits per heavy atom. The summed E-state index contributed by atoms with van der Waals surface area (Å²) in [6.07, 6.45) is 3.73. The fourth-order valence-corrected chi connectivity index (χ4v) is 2.16. The monoisotopic (exact) mass is 268 g/mol. The van der Waals surface area contributed by atoms with Crippen molar-refractivity contribution in [1.82, 2.24) is 9.55 Å². The molecule has 1 N–H and O–H groups in total. The first-order valence-electron chi connectivity index (χ1n) is 6.69. The number of rotatable bonds is 4. The van der Waals surface area contributed by atoms with Gasteiger partial charge in [0.2, 0.25) is 0 Å². The van der Waals surface area contributed by atoms with E-state index in [0.29, 0.717) is 0 Å². The lowest BCUT2D eigenvalue weighted by atomic mass is 9.86. The van der Waals surface area contributed by atoms with Crippen LogP contribution in [0.15, 0.2) is 36.7 Å². The first-order valence-corrected chi connectivity index (χ1v) is 6.69. The highest BCUT2D eigenvalue weighted by atomic mass is 15.1. The maximum Gasteiger partial charge on any atom is 0.130 e. The largest absolute Gasteiger partial charge is 0.375 e. The van der Waals surface area contributed by atoms with Crippen LogP contribution in [0.3, 0.4) is 0 Å². The van der Waals surface area contributed by atoms with Crippen molar-refractivity contribution in [2.75, 3.05) is 5.32 Å². The number of anilines is 1. The van der Waals surface area contributed by atoms with Crippen molar-refractivity contribution in [2.24, 2.45) is 7.05 Å². The summed E-state index contributed by atoms with van der Waals surface area (Å²) in [5.41, 5.74) is 1.59. The van der Waals surface area contributed by atoms with Crippen LogP contribution in [0.1, 0.15) is 38.2 Å². The molecule has 0 amide bonds. The Morgan fingerprint density at radius 1 is 1.30 bits per heavy atom. The number of hydrogen-bond acceptors (Lipinski definition) is 3. The fourth-order valence-electron chi connectivity index (χ4n) is 2.16. The van der Waals surface area contributed by atoms with Gasteiger partial charge in [-0.05, 0) is 38.5 Å². The van der Waals surface area contributed by atoms with E-state index in [2.05, 4.69) is 23.3 Å². The minimum absolute atomic E-state index is 0.129. The van der Waals surface area contributed by atoms with E-state index in [1.807, 2.05) is 55.9 Å². The molecule has 2 rings (SSSR count). The molecule has 1 aromatic carbocycles. The highest BCUT2D eigenvalue weighted by Crippen LogP contribution is 2.25. The number of aromatic nitrogens is 2. The predicted octanol–water partition coefficient (Wildman–Crippen LogP) is 3.39. The van der Waals surface area contributed by atoms with Crippen molar-refractivity contribution >= 4 is 5.69 Å². The van der Waals surface area contributed by atoms with Gasteiger partial charge in [0.25, 0.3) is 0 Å². The van der Waals surface area contributed by atoms with Gasteiger partial charge in [0.15, 0.2) is 0 Å². The van der Waals surface area contributed by atoms with Crippen molar-refractivity contribution in [1.29, 1.82) is 5.26 Å². The zero-order chi connectivity index (χ0) is 14.8. The second-order valence-electron chi connectivity index (χ2n) is 5.58. The average Bonchev–Trinajstić information content (AvgIpc) is 2.85. The zero-order valence-electron chi connectivity index (χ0n) is 12.4. The van der Waals surface area contributed by atoms with Gasteiger partial charge < -0.3 is 9.88 Å². The number of hydrogen-bond donors (Lipinski definition) is 1. The zero-order valence-corrected chi connectivity index (χ0v) is 12.4. The normalized spacial score (nSPS) is 12.8. The molecule has 4 nitrogen and oxygen atoms in total. The Balaban J connectivity index is 2.12. The molecule has 1 unspecified atom stereocenters. The Hall–Kier alpha value is -2.28. The Labute approximate surface area is 120 Å². The lowest BCUT2D eigenvalue weighted by Crippen LogP contribution is -2.14. The van der Waals surface area contributed by atoms with Gasteiger partial charge in [0, 0.05) is 25.1 Å². The molecular weight excluding hydrogens is 248 g/mol. The summed E-state index contributed by atoms with van der Waals surface area (Å²) in [6, 6.07) is 10.5. The molecule has 4 heteroatoms. The summed E-state index contributed by atoms with van der Waals surface area (Å²) in [7, 11) is 1.99. The molecule has 0 radical (unpaired) electrons. The van der Waals surface area contributed by atoms with Crippen molar-refractivity contribution in [3.8, 4) is 6.07 Å². The molecule has 0 aliphatic carbocycles. The van der Waals surface area contributed by atoms with Crippen LogP contribution >= 0.6 is 0 Å². The molecule has 0 aliphatic rings. The van der Waals surface area contributed by atoms with E-state index in [9.17, 15) is 0 Å². The van der Waals surface area contributed by atoms with E-state index in [-0.39, 0.29) is 6.04 Å². The number of nitrogens with zero attached hydrogens (tertiary/aromatic N) is 3. The van der Waals surface area contributed by atoms with E-state index in [4.69, 9.17) is 5.26 Å². The third-order valence-corrected chi connectivity index (χ3v) is 3.52. The van der Waals surface area contributed by atoms with E-state index in [0.717, 1.165) is 17.1 Å². The standard InChI is InChI=1S/C16H20N4/c1-12(15-18-9-10-20(15)4)19-14-7-5-13(6-8-14)16(2,3)11-17/h5-10,12,19H,1-4H3. The van der Waals surface area contributed by atoms with Gasteiger partial charge in [-0.15, -0.1) is 0 Å². The molecule has 0 bridgehead atoms. The maximum atomic E-state index is 9.14. The van der Waals surface area contributed by atoms with Crippen LogP contribution in [-0.4, -0.2) is 9.55 Å². The summed E-state index contributed by atoms with van der Waals surface area (Å²) in [4.78, 5) is 4.34. The minimum atomic E-state index is -0.455. The summed E-state index contributed by atoms with van der Waals surface area (Å²) >= 11 is 0. The summed E-state index contributed by atoms with van der Waals surface area (Å²) in [6.45, 7) is 5.92. The Kier molecular flexibility index (Phi) is 3.80. The molecule has 1 atom stereocenters. The van der Waals surface area contributed by atoms with Crippen LogP contribution < -0.4 is 5.32 Å². The highest BCUT2D eigenvalue weighted by molar-refractivity contribution is 5.48. The molecule has 20 heavy (non-hydrogen) atoms. The highest BCUT2D eigenvalue weighted by Gasteiger charge is 2.19. The lowest BCUT2D eigenvalue weighted by Gasteiger charge is -2.18. The van der Waals surface area contributed by atoms with Crippen LogP contribution in [0.25, 0.3) is 0 Å². The van der Waals surface area contributed by atoms with Crippen LogP contribution in [0.5, 0.6) is 0 Å². The van der Waals surface area contributed by atoms with Gasteiger partial charge in [-0.25, -0.2) is 4.98 Å². The molecule has 2 aromatic rings. The third kappa shape index (κ3) is 2.83. The molecule has 0 saturated carbocycles. The smallest absolute Gasteiger partial charge is 0.130 e. The van der Waals surface area contributed by atoms with Gasteiger partial charge >= 0.3 is 0 Å². The lowest BCUT2D eigenvalue weighted by molar-refractivity contribution is 0.686. The number of benzene rings is 1. The molecular formula is C16H20N4. The second-order valence-corrected chi connectivity index (χ2v) is 5.58. The van der Waals surface area contributed by atoms with E-state index in [1.165, 1.54) is 0 Å². The Bertz CT molecular complexity index is 617. The van der Waals surface area contributed by atoms with Gasteiger partial charge in [0.05, 0.1) is 17.5 Å². The first kappa shape index (κ1) is 14.1. The van der Waals surface area contributed by atoms with E-state index >= 15 is 0 Å². The van der Waals surface area contributed by atoms with Gasteiger partial charge in [0.1, 0.15) is 5.82 Å². The fraction of sp³-hybridized carbons (Fsp3) is 0.375. The molecule has 0 fully saturated rings. The van der Waals surface area contributed by atoms with Gasteiger partial charge in [-0.3, -0.25) is 0 Å². The molecule has 0 saturated heterocycles. The topological polar surface area (TPSA) is 53.6 Å². The summed E-state index contributed by atoms with van der Waals surface area (Å²) < 4.78 is 2.00. The van der Waals surface area contributed by atoms with E-state index < -0.39 is 5.41 Å². The van der Waals surface area contributed by atoms with Gasteiger partial charge in [-0.1, -0.05) is 12.1 Å². The van der Waals surface area contributed by atoms with Crippen molar-refractivity contribution < 1.29 is 0 Å².